The first-order valence-electron chi connectivity index (χ1n) is 8.14. The lowest BCUT2D eigenvalue weighted by Gasteiger charge is -2.37. The van der Waals surface area contributed by atoms with Gasteiger partial charge in [-0.05, 0) is 31.4 Å². The normalized spacial score (nSPS) is 16.5. The molecule has 25 heavy (non-hydrogen) atoms. The van der Waals surface area contributed by atoms with Gasteiger partial charge in [0.1, 0.15) is 11.3 Å². The number of aromatic amines is 1. The quantitative estimate of drug-likeness (QED) is 0.873. The molecule has 0 saturated carbocycles. The van der Waals surface area contributed by atoms with Gasteiger partial charge in [-0.3, -0.25) is 14.6 Å². The molecule has 1 aliphatic rings. The van der Waals surface area contributed by atoms with Crippen molar-refractivity contribution < 1.29 is 14.6 Å². The number of likely N-dealkylation sites (tertiary alicyclic amines) is 1. The van der Waals surface area contributed by atoms with E-state index in [1.54, 1.807) is 11.1 Å². The number of ether oxygens (including phenoxy) is 1. The molecular weight excluding hydrogens is 322 g/mol. The molecule has 0 aromatic carbocycles. The molecule has 0 radical (unpaired) electrons. The topological polar surface area (TPSA) is 95.5 Å². The van der Waals surface area contributed by atoms with Gasteiger partial charge in [0.25, 0.3) is 5.91 Å². The van der Waals surface area contributed by atoms with Crippen LogP contribution in [0.3, 0.4) is 0 Å². The Balaban J connectivity index is 1.71. The molecule has 2 aromatic rings. The van der Waals surface area contributed by atoms with Gasteiger partial charge < -0.3 is 19.7 Å². The van der Waals surface area contributed by atoms with E-state index in [4.69, 9.17) is 4.74 Å². The minimum atomic E-state index is -1.03. The van der Waals surface area contributed by atoms with Gasteiger partial charge in [0.05, 0.1) is 12.8 Å². The third kappa shape index (κ3) is 3.41. The third-order valence-electron chi connectivity index (χ3n) is 4.59. The predicted octanol–water partition coefficient (Wildman–Crippen LogP) is 1.21. The van der Waals surface area contributed by atoms with Crippen molar-refractivity contribution in [3.63, 3.8) is 0 Å². The van der Waals surface area contributed by atoms with Crippen LogP contribution in [-0.4, -0.2) is 46.1 Å². The van der Waals surface area contributed by atoms with Gasteiger partial charge in [0.15, 0.2) is 5.75 Å². The maximum absolute atomic E-state index is 12.6. The van der Waals surface area contributed by atoms with Crippen LogP contribution in [0.2, 0.25) is 0 Å². The van der Waals surface area contributed by atoms with Crippen molar-refractivity contribution in [2.75, 3.05) is 20.2 Å². The summed E-state index contributed by atoms with van der Waals surface area (Å²) in [5.74, 6) is -0.103. The summed E-state index contributed by atoms with van der Waals surface area (Å²) in [7, 11) is 1.40. The SMILES string of the molecule is COc1c[nH]c(C(=O)N2CCC(O)(c3ccc(C)cn3)CC2)cc1=O. The summed E-state index contributed by atoms with van der Waals surface area (Å²) in [6.45, 7) is 2.72. The number of piperidine rings is 1. The summed E-state index contributed by atoms with van der Waals surface area (Å²) in [5, 5.41) is 10.8. The first kappa shape index (κ1) is 17.2. The fraction of sp³-hybridized carbons (Fsp3) is 0.389. The maximum atomic E-state index is 12.6. The average molecular weight is 343 g/mol. The molecule has 7 nitrogen and oxygen atoms in total. The number of nitrogens with one attached hydrogen (secondary N) is 1. The summed E-state index contributed by atoms with van der Waals surface area (Å²) in [6, 6.07) is 4.98. The van der Waals surface area contributed by atoms with E-state index in [0.29, 0.717) is 31.6 Å². The number of pyridine rings is 2. The molecule has 1 fully saturated rings. The Labute approximate surface area is 145 Å². The molecule has 7 heteroatoms. The number of rotatable bonds is 3. The van der Waals surface area contributed by atoms with Crippen LogP contribution in [0.25, 0.3) is 0 Å². The Kier molecular flexibility index (Phi) is 4.59. The Morgan fingerprint density at radius 3 is 2.64 bits per heavy atom. The Hall–Kier alpha value is -2.67. The summed E-state index contributed by atoms with van der Waals surface area (Å²) in [6.07, 6.45) is 3.91. The van der Waals surface area contributed by atoms with E-state index in [1.165, 1.54) is 19.4 Å². The van der Waals surface area contributed by atoms with Gasteiger partial charge in [-0.1, -0.05) is 6.07 Å². The van der Waals surface area contributed by atoms with Crippen molar-refractivity contribution in [1.29, 1.82) is 0 Å². The number of hydrogen-bond acceptors (Lipinski definition) is 5. The molecule has 0 unspecified atom stereocenters. The van der Waals surface area contributed by atoms with Crippen LogP contribution in [0.4, 0.5) is 0 Å². The molecule has 0 spiro atoms. The summed E-state index contributed by atoms with van der Waals surface area (Å²) in [5.41, 5.74) is 0.496. The van der Waals surface area contributed by atoms with Crippen molar-refractivity contribution >= 4 is 5.91 Å². The third-order valence-corrected chi connectivity index (χ3v) is 4.59. The zero-order valence-corrected chi connectivity index (χ0v) is 14.3. The lowest BCUT2D eigenvalue weighted by atomic mass is 9.87. The molecule has 3 rings (SSSR count). The van der Waals surface area contributed by atoms with Crippen molar-refractivity contribution in [1.82, 2.24) is 14.9 Å². The van der Waals surface area contributed by atoms with Crippen LogP contribution in [0.1, 0.15) is 34.6 Å². The van der Waals surface area contributed by atoms with Crippen LogP contribution in [-0.2, 0) is 5.60 Å². The van der Waals surface area contributed by atoms with E-state index in [0.717, 1.165) is 5.56 Å². The number of carbonyl (C=O) groups is 1. The van der Waals surface area contributed by atoms with Crippen molar-refractivity contribution in [2.24, 2.45) is 0 Å². The van der Waals surface area contributed by atoms with Gasteiger partial charge in [-0.15, -0.1) is 0 Å². The molecule has 2 aromatic heterocycles. The Morgan fingerprint density at radius 2 is 2.08 bits per heavy atom. The fourth-order valence-electron chi connectivity index (χ4n) is 2.99. The highest BCUT2D eigenvalue weighted by Crippen LogP contribution is 2.31. The minimum Gasteiger partial charge on any atom is -0.491 e. The molecule has 0 bridgehead atoms. The molecule has 132 valence electrons. The molecule has 0 aliphatic carbocycles. The lowest BCUT2D eigenvalue weighted by Crippen LogP contribution is -2.45. The Morgan fingerprint density at radius 1 is 1.36 bits per heavy atom. The second kappa shape index (κ2) is 6.68. The zero-order valence-electron chi connectivity index (χ0n) is 14.3. The van der Waals surface area contributed by atoms with Crippen LogP contribution in [0, 0.1) is 6.92 Å². The van der Waals surface area contributed by atoms with E-state index in [2.05, 4.69) is 9.97 Å². The number of carbonyl (C=O) groups excluding carboxylic acids is 1. The Bertz CT molecular complexity index is 821. The number of aryl methyl sites for hydroxylation is 1. The van der Waals surface area contributed by atoms with E-state index >= 15 is 0 Å². The molecular formula is C18H21N3O4. The molecule has 1 amide bonds. The number of amides is 1. The molecule has 0 atom stereocenters. The molecule has 1 aliphatic heterocycles. The monoisotopic (exact) mass is 343 g/mol. The number of methoxy groups -OCH3 is 1. The van der Waals surface area contributed by atoms with Crippen LogP contribution in [0.5, 0.6) is 5.75 Å². The van der Waals surface area contributed by atoms with Gasteiger partial charge in [-0.25, -0.2) is 0 Å². The van der Waals surface area contributed by atoms with E-state index in [9.17, 15) is 14.7 Å². The highest BCUT2D eigenvalue weighted by Gasteiger charge is 2.36. The average Bonchev–Trinajstić information content (AvgIpc) is 2.62. The largest absolute Gasteiger partial charge is 0.491 e. The predicted molar refractivity (Wildman–Crippen MR) is 91.6 cm³/mol. The van der Waals surface area contributed by atoms with Crippen molar-refractivity contribution in [3.8, 4) is 5.75 Å². The van der Waals surface area contributed by atoms with E-state index < -0.39 is 5.60 Å². The first-order chi connectivity index (χ1) is 11.9. The van der Waals surface area contributed by atoms with Crippen LogP contribution in [0.15, 0.2) is 35.4 Å². The highest BCUT2D eigenvalue weighted by atomic mass is 16.5. The van der Waals surface area contributed by atoms with Gasteiger partial charge in [-0.2, -0.15) is 0 Å². The van der Waals surface area contributed by atoms with E-state index in [1.807, 2.05) is 19.1 Å². The van der Waals surface area contributed by atoms with Crippen LogP contribution < -0.4 is 10.2 Å². The number of hydrogen-bond donors (Lipinski definition) is 2. The maximum Gasteiger partial charge on any atom is 0.270 e. The molecule has 1 saturated heterocycles. The summed E-state index contributed by atoms with van der Waals surface area (Å²) in [4.78, 5) is 33.1. The second-order valence-electron chi connectivity index (χ2n) is 6.32. The molecule has 3 heterocycles. The lowest BCUT2D eigenvalue weighted by molar-refractivity contribution is -0.0245. The summed E-state index contributed by atoms with van der Waals surface area (Å²) < 4.78 is 4.90. The molecule has 2 N–H and O–H groups in total. The number of H-pyrrole nitrogens is 1. The number of nitrogens with zero attached hydrogens (tertiary/aromatic N) is 2. The first-order valence-corrected chi connectivity index (χ1v) is 8.14. The number of aromatic nitrogens is 2. The van der Waals surface area contributed by atoms with Crippen molar-refractivity contribution in [3.05, 3.63) is 57.8 Å². The minimum absolute atomic E-state index is 0.162. The number of aliphatic hydroxyl groups is 1. The van der Waals surface area contributed by atoms with Gasteiger partial charge in [0.2, 0.25) is 5.43 Å². The van der Waals surface area contributed by atoms with E-state index in [-0.39, 0.29) is 22.8 Å². The van der Waals surface area contributed by atoms with Gasteiger partial charge >= 0.3 is 0 Å². The van der Waals surface area contributed by atoms with Crippen molar-refractivity contribution in [2.45, 2.75) is 25.4 Å². The smallest absolute Gasteiger partial charge is 0.270 e. The fourth-order valence-corrected chi connectivity index (χ4v) is 2.99. The van der Waals surface area contributed by atoms with Gasteiger partial charge in [0, 0.05) is 31.5 Å². The zero-order chi connectivity index (χ0) is 18.0. The second-order valence-corrected chi connectivity index (χ2v) is 6.32. The highest BCUT2D eigenvalue weighted by molar-refractivity contribution is 5.92. The summed E-state index contributed by atoms with van der Waals surface area (Å²) >= 11 is 0. The van der Waals surface area contributed by atoms with Crippen LogP contribution >= 0.6 is 0 Å². The standard InChI is InChI=1S/C18H21N3O4/c1-12-3-4-16(20-10-12)18(24)5-7-21(8-6-18)17(23)13-9-14(22)15(25-2)11-19-13/h3-4,9-11,24H,5-8H2,1-2H3,(H,19,22).